The van der Waals surface area contributed by atoms with Crippen LogP contribution in [0.15, 0.2) is 24.3 Å². The second-order valence-electron chi connectivity index (χ2n) is 7.63. The van der Waals surface area contributed by atoms with Crippen LogP contribution in [0, 0.1) is 11.8 Å². The Balaban J connectivity index is 0.00000261. The van der Waals surface area contributed by atoms with Gasteiger partial charge in [-0.15, -0.1) is 12.4 Å². The topological polar surface area (TPSA) is 61.4 Å². The molecule has 2 heterocycles. The van der Waals surface area contributed by atoms with E-state index in [1.54, 1.807) is 0 Å². The Morgan fingerprint density at radius 2 is 2.11 bits per heavy atom. The van der Waals surface area contributed by atoms with Gasteiger partial charge in [-0.05, 0) is 43.4 Å². The van der Waals surface area contributed by atoms with Gasteiger partial charge in [0, 0.05) is 31.6 Å². The predicted molar refractivity (Wildman–Crippen MR) is 110 cm³/mol. The maximum absolute atomic E-state index is 12.7. The third-order valence-corrected chi connectivity index (χ3v) is 5.83. The van der Waals surface area contributed by atoms with Crippen molar-refractivity contribution < 1.29 is 9.59 Å². The van der Waals surface area contributed by atoms with Crippen LogP contribution in [0.25, 0.3) is 0 Å². The number of benzene rings is 1. The summed E-state index contributed by atoms with van der Waals surface area (Å²) in [6.07, 6.45) is 3.66. The molecule has 2 aliphatic heterocycles. The minimum atomic E-state index is -0.0874. The summed E-state index contributed by atoms with van der Waals surface area (Å²) < 4.78 is 0. The molecule has 0 radical (unpaired) electrons. The van der Waals surface area contributed by atoms with Gasteiger partial charge in [0.2, 0.25) is 11.8 Å². The number of hydrogen-bond donors (Lipinski definition) is 2. The van der Waals surface area contributed by atoms with Crippen molar-refractivity contribution in [3.05, 3.63) is 35.4 Å². The zero-order valence-corrected chi connectivity index (χ0v) is 17.2. The monoisotopic (exact) mass is 393 g/mol. The highest BCUT2D eigenvalue weighted by molar-refractivity contribution is 5.85. The first-order valence-electron chi connectivity index (χ1n) is 9.97. The van der Waals surface area contributed by atoms with Crippen LogP contribution in [-0.4, -0.2) is 42.9 Å². The maximum Gasteiger partial charge on any atom is 0.225 e. The number of rotatable bonds is 5. The third kappa shape index (κ3) is 5.23. The normalized spacial score (nSPS) is 23.0. The van der Waals surface area contributed by atoms with Crippen molar-refractivity contribution in [1.29, 1.82) is 0 Å². The fourth-order valence-corrected chi connectivity index (χ4v) is 4.00. The van der Waals surface area contributed by atoms with Crippen molar-refractivity contribution in [3.63, 3.8) is 0 Å². The molecule has 0 saturated carbocycles. The van der Waals surface area contributed by atoms with Gasteiger partial charge in [-0.3, -0.25) is 9.59 Å². The van der Waals surface area contributed by atoms with Crippen LogP contribution in [0.5, 0.6) is 0 Å². The van der Waals surface area contributed by atoms with E-state index >= 15 is 0 Å². The van der Waals surface area contributed by atoms with Crippen LogP contribution in [-0.2, 0) is 16.0 Å². The van der Waals surface area contributed by atoms with Crippen LogP contribution in [0.3, 0.4) is 0 Å². The van der Waals surface area contributed by atoms with Crippen molar-refractivity contribution in [1.82, 2.24) is 15.5 Å². The number of halogens is 1. The Labute approximate surface area is 168 Å². The number of amides is 2. The van der Waals surface area contributed by atoms with Gasteiger partial charge >= 0.3 is 0 Å². The van der Waals surface area contributed by atoms with Gasteiger partial charge in [0.1, 0.15) is 0 Å². The van der Waals surface area contributed by atoms with E-state index < -0.39 is 0 Å². The van der Waals surface area contributed by atoms with Crippen LogP contribution < -0.4 is 10.6 Å². The Bertz CT molecular complexity index is 652. The standard InChI is InChI=1S/C21H31N3O2.ClH/c1-3-15(2)21(26)24-12-6-8-17(14-24)20(25)23-13-19-18-9-5-4-7-16(18)10-11-22-19;/h4-5,7,9,15,17,19,22H,3,6,8,10-14H2,1-2H3,(H,23,25);1H. The number of carbonyl (C=O) groups excluding carboxylic acids is 2. The average Bonchev–Trinajstić information content (AvgIpc) is 2.70. The number of nitrogens with one attached hydrogen (secondary N) is 2. The number of fused-ring (bicyclic) bond motifs is 1. The molecule has 27 heavy (non-hydrogen) atoms. The fourth-order valence-electron chi connectivity index (χ4n) is 4.00. The molecule has 3 rings (SSSR count). The summed E-state index contributed by atoms with van der Waals surface area (Å²) in [6, 6.07) is 8.62. The molecule has 1 aromatic carbocycles. The molecule has 3 atom stereocenters. The van der Waals surface area contributed by atoms with Crippen LogP contribution in [0.4, 0.5) is 0 Å². The minimum absolute atomic E-state index is 0. The van der Waals surface area contributed by atoms with Gasteiger partial charge in [-0.1, -0.05) is 38.1 Å². The van der Waals surface area contributed by atoms with Crippen molar-refractivity contribution in [2.75, 3.05) is 26.2 Å². The number of likely N-dealkylation sites (tertiary alicyclic amines) is 1. The number of carbonyl (C=O) groups is 2. The first-order chi connectivity index (χ1) is 12.6. The zero-order chi connectivity index (χ0) is 18.5. The Morgan fingerprint density at radius 1 is 1.33 bits per heavy atom. The number of piperidine rings is 1. The van der Waals surface area contributed by atoms with E-state index in [9.17, 15) is 9.59 Å². The van der Waals surface area contributed by atoms with Gasteiger partial charge < -0.3 is 15.5 Å². The number of hydrogen-bond acceptors (Lipinski definition) is 3. The summed E-state index contributed by atoms with van der Waals surface area (Å²) in [5.41, 5.74) is 2.66. The largest absolute Gasteiger partial charge is 0.354 e. The Hall–Kier alpha value is -1.59. The number of nitrogens with zero attached hydrogens (tertiary/aromatic N) is 1. The SMILES string of the molecule is CCC(C)C(=O)N1CCCC(C(=O)NCC2NCCc3ccccc32)C1.Cl. The van der Waals surface area contributed by atoms with E-state index in [0.717, 1.165) is 38.8 Å². The molecule has 1 saturated heterocycles. The van der Waals surface area contributed by atoms with Gasteiger partial charge in [0.25, 0.3) is 0 Å². The molecular formula is C21H32ClN3O2. The lowest BCUT2D eigenvalue weighted by molar-refractivity contribution is -0.138. The van der Waals surface area contributed by atoms with Gasteiger partial charge in [0.05, 0.1) is 5.92 Å². The van der Waals surface area contributed by atoms with Crippen molar-refractivity contribution in [3.8, 4) is 0 Å². The highest BCUT2D eigenvalue weighted by atomic mass is 35.5. The second kappa shape index (κ2) is 10.1. The Morgan fingerprint density at radius 3 is 2.89 bits per heavy atom. The molecule has 5 nitrogen and oxygen atoms in total. The molecular weight excluding hydrogens is 362 g/mol. The molecule has 0 spiro atoms. The first-order valence-corrected chi connectivity index (χ1v) is 9.97. The summed E-state index contributed by atoms with van der Waals surface area (Å²) in [7, 11) is 0. The first kappa shape index (κ1) is 21.7. The molecule has 2 aliphatic rings. The highest BCUT2D eigenvalue weighted by Crippen LogP contribution is 2.23. The van der Waals surface area contributed by atoms with Crippen molar-refractivity contribution in [2.45, 2.75) is 45.6 Å². The smallest absolute Gasteiger partial charge is 0.225 e. The molecule has 1 aromatic rings. The molecule has 0 aliphatic carbocycles. The molecule has 0 bridgehead atoms. The predicted octanol–water partition coefficient (Wildman–Crippen LogP) is 2.70. The quantitative estimate of drug-likeness (QED) is 0.808. The third-order valence-electron chi connectivity index (χ3n) is 5.83. The van der Waals surface area contributed by atoms with Crippen molar-refractivity contribution >= 4 is 24.2 Å². The van der Waals surface area contributed by atoms with Crippen LogP contribution in [0.1, 0.15) is 50.3 Å². The van der Waals surface area contributed by atoms with Gasteiger partial charge in [-0.2, -0.15) is 0 Å². The molecule has 2 amide bonds. The summed E-state index contributed by atoms with van der Waals surface area (Å²) in [5.74, 6) is 0.222. The lowest BCUT2D eigenvalue weighted by Gasteiger charge is -2.34. The average molecular weight is 394 g/mol. The van der Waals surface area contributed by atoms with E-state index in [4.69, 9.17) is 0 Å². The summed E-state index contributed by atoms with van der Waals surface area (Å²) in [5, 5.41) is 6.63. The van der Waals surface area contributed by atoms with E-state index in [1.807, 2.05) is 18.7 Å². The van der Waals surface area contributed by atoms with Crippen molar-refractivity contribution in [2.24, 2.45) is 11.8 Å². The van der Waals surface area contributed by atoms with Crippen LogP contribution in [0.2, 0.25) is 0 Å². The Kier molecular flexibility index (Phi) is 8.11. The lowest BCUT2D eigenvalue weighted by Crippen LogP contribution is -2.48. The van der Waals surface area contributed by atoms with E-state index in [-0.39, 0.29) is 42.1 Å². The molecule has 3 unspecified atom stereocenters. The van der Waals surface area contributed by atoms with E-state index in [2.05, 4.69) is 34.9 Å². The summed E-state index contributed by atoms with van der Waals surface area (Å²) in [6.45, 7) is 6.89. The summed E-state index contributed by atoms with van der Waals surface area (Å²) >= 11 is 0. The van der Waals surface area contributed by atoms with Gasteiger partial charge in [-0.25, -0.2) is 0 Å². The fraction of sp³-hybridized carbons (Fsp3) is 0.619. The highest BCUT2D eigenvalue weighted by Gasteiger charge is 2.30. The maximum atomic E-state index is 12.7. The summed E-state index contributed by atoms with van der Waals surface area (Å²) in [4.78, 5) is 27.0. The molecule has 2 N–H and O–H groups in total. The second-order valence-corrected chi connectivity index (χ2v) is 7.63. The van der Waals surface area contributed by atoms with E-state index in [0.29, 0.717) is 13.1 Å². The van der Waals surface area contributed by atoms with Gasteiger partial charge in [0.15, 0.2) is 0 Å². The molecule has 6 heteroatoms. The lowest BCUT2D eigenvalue weighted by atomic mass is 9.93. The van der Waals surface area contributed by atoms with Crippen LogP contribution >= 0.6 is 12.4 Å². The zero-order valence-electron chi connectivity index (χ0n) is 16.4. The molecule has 1 fully saturated rings. The molecule has 150 valence electrons. The van der Waals surface area contributed by atoms with E-state index in [1.165, 1.54) is 11.1 Å². The molecule has 0 aromatic heterocycles. The minimum Gasteiger partial charge on any atom is -0.354 e.